The number of carbonyl (C=O) groups excluding carboxylic acids is 2. The van der Waals surface area contributed by atoms with Gasteiger partial charge in [0.2, 0.25) is 0 Å². The molecule has 0 heterocycles. The van der Waals surface area contributed by atoms with Gasteiger partial charge in [-0.3, -0.25) is 4.79 Å². The number of hydrogen-bond donors (Lipinski definition) is 1. The van der Waals surface area contributed by atoms with Crippen molar-refractivity contribution < 1.29 is 23.8 Å². The minimum absolute atomic E-state index is 0.244. The quantitative estimate of drug-likeness (QED) is 0.699. The van der Waals surface area contributed by atoms with Crippen LogP contribution < -0.4 is 10.1 Å². The first-order valence-corrected chi connectivity index (χ1v) is 8.22. The maximum Gasteiger partial charge on any atom is 0.341 e. The first kappa shape index (κ1) is 20.0. The summed E-state index contributed by atoms with van der Waals surface area (Å²) in [5.74, 6) is -0.342. The van der Waals surface area contributed by atoms with Crippen molar-refractivity contribution in [1.82, 2.24) is 0 Å². The van der Waals surface area contributed by atoms with Crippen molar-refractivity contribution in [2.45, 2.75) is 46.1 Å². The average Bonchev–Trinajstić information content (AvgIpc) is 2.55. The first-order chi connectivity index (χ1) is 11.4. The predicted molar refractivity (Wildman–Crippen MR) is 92.5 cm³/mol. The number of carbonyl (C=O) groups is 2. The van der Waals surface area contributed by atoms with Gasteiger partial charge in [0, 0.05) is 12.3 Å². The second-order valence-corrected chi connectivity index (χ2v) is 5.50. The summed E-state index contributed by atoms with van der Waals surface area (Å²) in [5.41, 5.74) is -0.148. The SMILES string of the molecule is CCCC(C)(OCC)C(=O)Nc1ccc(OC)c(C(=O)OCC)c1. The lowest BCUT2D eigenvalue weighted by atomic mass is 9.99. The van der Waals surface area contributed by atoms with Gasteiger partial charge in [0.15, 0.2) is 0 Å². The molecule has 134 valence electrons. The highest BCUT2D eigenvalue weighted by Gasteiger charge is 2.33. The van der Waals surface area contributed by atoms with Gasteiger partial charge in [-0.25, -0.2) is 4.79 Å². The van der Waals surface area contributed by atoms with Crippen molar-refractivity contribution in [3.05, 3.63) is 23.8 Å². The molecule has 1 unspecified atom stereocenters. The van der Waals surface area contributed by atoms with E-state index >= 15 is 0 Å². The molecule has 0 saturated heterocycles. The summed E-state index contributed by atoms with van der Waals surface area (Å²) < 4.78 is 15.8. The Kier molecular flexibility index (Phi) is 7.71. The van der Waals surface area contributed by atoms with Crippen LogP contribution in [0.15, 0.2) is 18.2 Å². The minimum Gasteiger partial charge on any atom is -0.496 e. The molecule has 6 heteroatoms. The smallest absolute Gasteiger partial charge is 0.341 e. The molecule has 6 nitrogen and oxygen atoms in total. The molecule has 1 rings (SSSR count). The van der Waals surface area contributed by atoms with Crippen molar-refractivity contribution in [3.8, 4) is 5.75 Å². The van der Waals surface area contributed by atoms with Crippen molar-refractivity contribution in [2.24, 2.45) is 0 Å². The molecule has 0 aliphatic rings. The molecule has 0 spiro atoms. The Morgan fingerprint density at radius 1 is 1.17 bits per heavy atom. The van der Waals surface area contributed by atoms with E-state index in [2.05, 4.69) is 5.32 Å². The fourth-order valence-corrected chi connectivity index (χ4v) is 2.46. The third-order valence-electron chi connectivity index (χ3n) is 3.62. The molecule has 24 heavy (non-hydrogen) atoms. The lowest BCUT2D eigenvalue weighted by Crippen LogP contribution is -2.42. The summed E-state index contributed by atoms with van der Waals surface area (Å²) in [6.07, 6.45) is 1.42. The van der Waals surface area contributed by atoms with E-state index < -0.39 is 11.6 Å². The first-order valence-electron chi connectivity index (χ1n) is 8.22. The van der Waals surface area contributed by atoms with Crippen LogP contribution in [0.2, 0.25) is 0 Å². The highest BCUT2D eigenvalue weighted by Crippen LogP contribution is 2.26. The number of anilines is 1. The second-order valence-electron chi connectivity index (χ2n) is 5.50. The van der Waals surface area contributed by atoms with E-state index in [0.717, 1.165) is 6.42 Å². The summed E-state index contributed by atoms with van der Waals surface area (Å²) in [5, 5.41) is 2.81. The Labute approximate surface area is 143 Å². The number of ether oxygens (including phenoxy) is 3. The van der Waals surface area contributed by atoms with Crippen LogP contribution in [0.1, 0.15) is 50.9 Å². The lowest BCUT2D eigenvalue weighted by Gasteiger charge is -2.28. The van der Waals surface area contributed by atoms with Gasteiger partial charge >= 0.3 is 5.97 Å². The maximum absolute atomic E-state index is 12.6. The zero-order chi connectivity index (χ0) is 18.2. The number of rotatable bonds is 9. The average molecular weight is 337 g/mol. The second kappa shape index (κ2) is 9.27. The maximum atomic E-state index is 12.6. The number of benzene rings is 1. The van der Waals surface area contributed by atoms with Crippen LogP contribution in [0.3, 0.4) is 0 Å². The van der Waals surface area contributed by atoms with Gasteiger partial charge in [-0.15, -0.1) is 0 Å². The van der Waals surface area contributed by atoms with E-state index in [1.807, 2.05) is 13.8 Å². The van der Waals surface area contributed by atoms with E-state index in [1.54, 1.807) is 32.0 Å². The molecular formula is C18H27NO5. The highest BCUT2D eigenvalue weighted by atomic mass is 16.5. The predicted octanol–water partition coefficient (Wildman–Crippen LogP) is 3.41. The molecule has 0 aliphatic heterocycles. The summed E-state index contributed by atoms with van der Waals surface area (Å²) in [6, 6.07) is 4.85. The lowest BCUT2D eigenvalue weighted by molar-refractivity contribution is -0.139. The summed E-state index contributed by atoms with van der Waals surface area (Å²) in [6.45, 7) is 8.06. The third-order valence-corrected chi connectivity index (χ3v) is 3.62. The Balaban J connectivity index is 3.04. The fourth-order valence-electron chi connectivity index (χ4n) is 2.46. The molecule has 0 radical (unpaired) electrons. The topological polar surface area (TPSA) is 73.9 Å². The molecule has 1 aromatic carbocycles. The molecule has 0 saturated carbocycles. The van der Waals surface area contributed by atoms with Gasteiger partial charge in [0.25, 0.3) is 5.91 Å². The minimum atomic E-state index is -0.909. The molecule has 1 N–H and O–H groups in total. The van der Waals surface area contributed by atoms with Gasteiger partial charge in [-0.05, 0) is 45.4 Å². The number of methoxy groups -OCH3 is 1. The molecule has 1 amide bonds. The fraction of sp³-hybridized carbons (Fsp3) is 0.556. The molecule has 0 aliphatic carbocycles. The Morgan fingerprint density at radius 2 is 1.88 bits per heavy atom. The van der Waals surface area contributed by atoms with Crippen molar-refractivity contribution in [1.29, 1.82) is 0 Å². The van der Waals surface area contributed by atoms with Gasteiger partial charge < -0.3 is 19.5 Å². The van der Waals surface area contributed by atoms with E-state index in [0.29, 0.717) is 24.5 Å². The van der Waals surface area contributed by atoms with Gasteiger partial charge in [0.05, 0.1) is 13.7 Å². The molecule has 0 bridgehead atoms. The van der Waals surface area contributed by atoms with Crippen LogP contribution >= 0.6 is 0 Å². The Morgan fingerprint density at radius 3 is 2.42 bits per heavy atom. The molecule has 1 atom stereocenters. The molecule has 0 aromatic heterocycles. The highest BCUT2D eigenvalue weighted by molar-refractivity contribution is 5.99. The van der Waals surface area contributed by atoms with Gasteiger partial charge in [-0.2, -0.15) is 0 Å². The standard InChI is InChI=1S/C18H27NO5/c1-6-11-18(4,24-8-3)17(21)19-13-9-10-15(22-5)14(12-13)16(20)23-7-2/h9-10,12H,6-8,11H2,1-5H3,(H,19,21). The van der Waals surface area contributed by atoms with Gasteiger partial charge in [-0.1, -0.05) is 13.3 Å². The monoisotopic (exact) mass is 337 g/mol. The number of esters is 1. The number of amides is 1. The normalized spacial score (nSPS) is 13.0. The van der Waals surface area contributed by atoms with E-state index in [-0.39, 0.29) is 18.1 Å². The van der Waals surface area contributed by atoms with E-state index in [9.17, 15) is 9.59 Å². The number of nitrogens with one attached hydrogen (secondary N) is 1. The third kappa shape index (κ3) is 4.96. The Bertz CT molecular complexity index is 565. The van der Waals surface area contributed by atoms with Crippen LogP contribution in [-0.4, -0.2) is 37.8 Å². The van der Waals surface area contributed by atoms with Crippen LogP contribution in [-0.2, 0) is 14.3 Å². The molecular weight excluding hydrogens is 310 g/mol. The van der Waals surface area contributed by atoms with Crippen LogP contribution in [0.25, 0.3) is 0 Å². The molecule has 0 fully saturated rings. The zero-order valence-corrected chi connectivity index (χ0v) is 15.1. The van der Waals surface area contributed by atoms with Crippen molar-refractivity contribution in [3.63, 3.8) is 0 Å². The zero-order valence-electron chi connectivity index (χ0n) is 15.1. The summed E-state index contributed by atoms with van der Waals surface area (Å²) in [4.78, 5) is 24.6. The van der Waals surface area contributed by atoms with Gasteiger partial charge in [0.1, 0.15) is 16.9 Å². The largest absolute Gasteiger partial charge is 0.496 e. The molecule has 1 aromatic rings. The van der Waals surface area contributed by atoms with Crippen molar-refractivity contribution >= 4 is 17.6 Å². The van der Waals surface area contributed by atoms with E-state index in [1.165, 1.54) is 7.11 Å². The number of hydrogen-bond acceptors (Lipinski definition) is 5. The van der Waals surface area contributed by atoms with E-state index in [4.69, 9.17) is 14.2 Å². The van der Waals surface area contributed by atoms with Crippen LogP contribution in [0.5, 0.6) is 5.75 Å². The van der Waals surface area contributed by atoms with Crippen molar-refractivity contribution in [2.75, 3.05) is 25.6 Å². The summed E-state index contributed by atoms with van der Waals surface area (Å²) in [7, 11) is 1.48. The van der Waals surface area contributed by atoms with Crippen LogP contribution in [0, 0.1) is 0 Å². The van der Waals surface area contributed by atoms with Crippen LogP contribution in [0.4, 0.5) is 5.69 Å². The Hall–Kier alpha value is -2.08. The summed E-state index contributed by atoms with van der Waals surface area (Å²) >= 11 is 0.